The summed E-state index contributed by atoms with van der Waals surface area (Å²) in [5, 5.41) is 2.83. The van der Waals surface area contributed by atoms with E-state index >= 15 is 0 Å². The molecule has 3 aromatic rings. The third kappa shape index (κ3) is 7.01. The number of fused-ring (bicyclic) bond motifs is 2. The summed E-state index contributed by atoms with van der Waals surface area (Å²) in [7, 11) is -5.76. The Morgan fingerprint density at radius 1 is 1.06 bits per heavy atom. The molecule has 14 nitrogen and oxygen atoms in total. The van der Waals surface area contributed by atoms with E-state index in [1.165, 1.54) is 12.5 Å². The fraction of sp³-hybridized carbons (Fsp3) is 0.645. The van der Waals surface area contributed by atoms with Crippen LogP contribution in [0.5, 0.6) is 0 Å². The lowest BCUT2D eigenvalue weighted by Crippen LogP contribution is -2.66. The van der Waals surface area contributed by atoms with Gasteiger partial charge in [0.2, 0.25) is 0 Å². The summed E-state index contributed by atoms with van der Waals surface area (Å²) in [5.74, 6) is 0.0487. The van der Waals surface area contributed by atoms with Crippen molar-refractivity contribution >= 4 is 40.0 Å². The second-order valence-corrected chi connectivity index (χ2v) is 22.2. The summed E-state index contributed by atoms with van der Waals surface area (Å²) in [6.45, 7) is 18.2. The SMILES string of the molecule is CC(C)[Si]1(C(C)C)OC[C@H]2O[C@@H](n3cnc4c(N)ncnc43)[C@H](OCOCCNC(=O)c3cccnc3)[C@@H]2O[Si](C(C)C)(C(C)C)O1. The summed E-state index contributed by atoms with van der Waals surface area (Å²) in [4.78, 5) is 29.4. The molecule has 2 aliphatic heterocycles. The molecule has 4 atom stereocenters. The Labute approximate surface area is 278 Å². The number of nitrogens with two attached hydrogens (primary N) is 1. The van der Waals surface area contributed by atoms with Crippen LogP contribution in [0.3, 0.4) is 0 Å². The predicted molar refractivity (Wildman–Crippen MR) is 180 cm³/mol. The van der Waals surface area contributed by atoms with Gasteiger partial charge < -0.3 is 38.2 Å². The first-order chi connectivity index (χ1) is 22.4. The molecule has 5 rings (SSSR count). The number of hydrogen-bond acceptors (Lipinski definition) is 12. The topological polar surface area (TPSA) is 167 Å². The van der Waals surface area contributed by atoms with Crippen LogP contribution in [0.15, 0.2) is 37.2 Å². The maximum atomic E-state index is 12.4. The molecule has 5 heterocycles. The lowest BCUT2D eigenvalue weighted by atomic mass is 10.1. The van der Waals surface area contributed by atoms with Gasteiger partial charge in [0, 0.05) is 18.9 Å². The summed E-state index contributed by atoms with van der Waals surface area (Å²) in [6.07, 6.45) is 3.87. The Bertz CT molecular complexity index is 1480. The van der Waals surface area contributed by atoms with E-state index in [4.69, 9.17) is 32.9 Å². The molecular formula is C31H49N7O7Si2. The third-order valence-electron chi connectivity index (χ3n) is 9.08. The number of nitrogens with zero attached hydrogens (tertiary/aromatic N) is 5. The number of nitrogens with one attached hydrogen (secondary N) is 1. The van der Waals surface area contributed by atoms with Crippen LogP contribution < -0.4 is 11.1 Å². The van der Waals surface area contributed by atoms with E-state index in [1.54, 1.807) is 24.7 Å². The lowest BCUT2D eigenvalue weighted by Gasteiger charge is -2.51. The van der Waals surface area contributed by atoms with Gasteiger partial charge in [-0.3, -0.25) is 14.3 Å². The van der Waals surface area contributed by atoms with Gasteiger partial charge in [0.15, 0.2) is 17.7 Å². The van der Waals surface area contributed by atoms with Crippen molar-refractivity contribution in [3.8, 4) is 0 Å². The first-order valence-corrected chi connectivity index (χ1v) is 20.3. The minimum atomic E-state index is -2.98. The summed E-state index contributed by atoms with van der Waals surface area (Å²) < 4.78 is 42.6. The number of amides is 1. The first-order valence-electron chi connectivity index (χ1n) is 16.4. The summed E-state index contributed by atoms with van der Waals surface area (Å²) >= 11 is 0. The normalized spacial score (nSPS) is 24.2. The zero-order chi connectivity index (χ0) is 33.9. The number of anilines is 1. The van der Waals surface area contributed by atoms with E-state index < -0.39 is 41.7 Å². The molecule has 16 heteroatoms. The van der Waals surface area contributed by atoms with Gasteiger partial charge in [-0.2, -0.15) is 0 Å². The molecule has 2 fully saturated rings. The van der Waals surface area contributed by atoms with Gasteiger partial charge in [-0.15, -0.1) is 0 Å². The van der Waals surface area contributed by atoms with Gasteiger partial charge in [0.05, 0.1) is 25.1 Å². The van der Waals surface area contributed by atoms with Crippen LogP contribution in [0.1, 0.15) is 72.0 Å². The Balaban J connectivity index is 1.42. The summed E-state index contributed by atoms with van der Waals surface area (Å²) in [6, 6.07) is 3.42. The van der Waals surface area contributed by atoms with Gasteiger partial charge >= 0.3 is 17.1 Å². The van der Waals surface area contributed by atoms with Crippen molar-refractivity contribution in [3.05, 3.63) is 42.7 Å². The molecule has 258 valence electrons. The fourth-order valence-corrected chi connectivity index (χ4v) is 17.8. The van der Waals surface area contributed by atoms with Crippen molar-refractivity contribution < 1.29 is 32.0 Å². The van der Waals surface area contributed by atoms with Crippen LogP contribution in [0.4, 0.5) is 5.82 Å². The Morgan fingerprint density at radius 3 is 2.45 bits per heavy atom. The first kappa shape index (κ1) is 35.5. The highest BCUT2D eigenvalue weighted by Crippen LogP contribution is 2.49. The van der Waals surface area contributed by atoms with Crippen LogP contribution in [-0.2, 0) is 27.2 Å². The molecule has 2 saturated heterocycles. The van der Waals surface area contributed by atoms with Gasteiger partial charge in [-0.25, -0.2) is 15.0 Å². The average molecular weight is 688 g/mol. The Hall–Kier alpha value is -2.84. The number of pyridine rings is 1. The molecule has 2 aliphatic rings. The summed E-state index contributed by atoms with van der Waals surface area (Å²) in [5.41, 5.74) is 8.23. The number of imidazole rings is 1. The standard InChI is InChI=1S/C31H49N7O7Si2/c1-19(2)46(20(3)4)42-15-24-26(44-47(45-46,21(5)6)22(7)8)27(31(43-24)38-17-37-25-28(32)35-16-36-29(25)38)41-18-40-13-12-34-30(39)23-10-9-11-33-14-23/h9-11,14,16-17,19-22,24,26-27,31H,12-13,15,18H2,1-8H3,(H,34,39)(H2,32,35,36)/t24-,26-,27-,31-/m1/s1. The van der Waals surface area contributed by atoms with Gasteiger partial charge in [0.25, 0.3) is 5.91 Å². The number of carbonyl (C=O) groups excluding carboxylic acids is 1. The van der Waals surface area contributed by atoms with Crippen LogP contribution in [0.25, 0.3) is 11.2 Å². The smallest absolute Gasteiger partial charge is 0.335 e. The van der Waals surface area contributed by atoms with Crippen molar-refractivity contribution in [2.75, 3.05) is 32.3 Å². The van der Waals surface area contributed by atoms with Crippen molar-refractivity contribution in [1.29, 1.82) is 0 Å². The average Bonchev–Trinajstić information content (AvgIpc) is 3.60. The number of hydrogen-bond donors (Lipinski definition) is 2. The van der Waals surface area contributed by atoms with Crippen molar-refractivity contribution in [2.24, 2.45) is 0 Å². The zero-order valence-corrected chi connectivity index (χ0v) is 30.6. The van der Waals surface area contributed by atoms with Gasteiger partial charge in [-0.05, 0) is 34.3 Å². The molecule has 0 spiro atoms. The largest absolute Gasteiger partial charge is 0.414 e. The molecular weight excluding hydrogens is 639 g/mol. The number of carbonyl (C=O) groups is 1. The highest BCUT2D eigenvalue weighted by Gasteiger charge is 2.62. The molecule has 0 saturated carbocycles. The van der Waals surface area contributed by atoms with E-state index in [-0.39, 0.29) is 53.9 Å². The molecule has 47 heavy (non-hydrogen) atoms. The van der Waals surface area contributed by atoms with E-state index in [1.807, 2.05) is 4.57 Å². The van der Waals surface area contributed by atoms with Crippen LogP contribution in [0.2, 0.25) is 22.2 Å². The molecule has 0 aromatic carbocycles. The van der Waals surface area contributed by atoms with Crippen molar-refractivity contribution in [3.63, 3.8) is 0 Å². The second kappa shape index (κ2) is 14.7. The van der Waals surface area contributed by atoms with Crippen LogP contribution >= 0.6 is 0 Å². The molecule has 1 amide bonds. The quantitative estimate of drug-likeness (QED) is 0.156. The number of nitrogen functional groups attached to an aromatic ring is 1. The van der Waals surface area contributed by atoms with E-state index in [0.29, 0.717) is 23.3 Å². The number of rotatable bonds is 12. The monoisotopic (exact) mass is 687 g/mol. The van der Waals surface area contributed by atoms with Crippen molar-refractivity contribution in [1.82, 2.24) is 29.8 Å². The minimum absolute atomic E-state index is 0.0695. The predicted octanol–water partition coefficient (Wildman–Crippen LogP) is 4.45. The minimum Gasteiger partial charge on any atom is -0.414 e. The molecule has 0 bridgehead atoms. The Morgan fingerprint density at radius 2 is 1.79 bits per heavy atom. The molecule has 0 radical (unpaired) electrons. The molecule has 3 aromatic heterocycles. The second-order valence-electron chi connectivity index (χ2n) is 13.4. The number of ether oxygens (including phenoxy) is 3. The Kier molecular flexibility index (Phi) is 11.1. The van der Waals surface area contributed by atoms with E-state index in [9.17, 15) is 4.79 Å². The zero-order valence-electron chi connectivity index (χ0n) is 28.6. The molecule has 0 unspecified atom stereocenters. The highest BCUT2D eigenvalue weighted by molar-refractivity contribution is 6.84. The molecule has 3 N–H and O–H groups in total. The van der Waals surface area contributed by atoms with Gasteiger partial charge in [0.1, 0.15) is 36.9 Å². The van der Waals surface area contributed by atoms with Crippen LogP contribution in [-0.4, -0.2) is 92.4 Å². The third-order valence-corrected chi connectivity index (χ3v) is 19.3. The van der Waals surface area contributed by atoms with Crippen molar-refractivity contribution in [2.45, 2.75) is 102 Å². The highest BCUT2D eigenvalue weighted by atomic mass is 28.5. The van der Waals surface area contributed by atoms with Gasteiger partial charge in [-0.1, -0.05) is 55.4 Å². The van der Waals surface area contributed by atoms with Crippen LogP contribution in [0, 0.1) is 0 Å². The maximum Gasteiger partial charge on any atom is 0.335 e. The fourth-order valence-electron chi connectivity index (χ4n) is 6.60. The molecule has 0 aliphatic carbocycles. The number of aromatic nitrogens is 5. The van der Waals surface area contributed by atoms with E-state index in [2.05, 4.69) is 80.6 Å². The maximum absolute atomic E-state index is 12.4. The van der Waals surface area contributed by atoms with E-state index in [0.717, 1.165) is 0 Å². The lowest BCUT2D eigenvalue weighted by molar-refractivity contribution is -0.137.